The van der Waals surface area contributed by atoms with Crippen LogP contribution in [0.2, 0.25) is 0 Å². The van der Waals surface area contributed by atoms with Gasteiger partial charge < -0.3 is 4.90 Å². The highest BCUT2D eigenvalue weighted by molar-refractivity contribution is 5.95. The molecule has 2 nitrogen and oxygen atoms in total. The van der Waals surface area contributed by atoms with E-state index in [2.05, 4.69) is 56.0 Å². The molecule has 0 spiro atoms. The highest BCUT2D eigenvalue weighted by Crippen LogP contribution is 2.24. The number of aryl methyl sites for hydroxylation is 3. The van der Waals surface area contributed by atoms with Gasteiger partial charge in [-0.2, -0.15) is 0 Å². The zero-order chi connectivity index (χ0) is 19.1. The Morgan fingerprint density at radius 2 is 1.54 bits per heavy atom. The summed E-state index contributed by atoms with van der Waals surface area (Å²) < 4.78 is 0. The monoisotopic (exact) mass is 351 g/mol. The number of benzene rings is 2. The maximum Gasteiger partial charge on any atom is 0.254 e. The highest BCUT2D eigenvalue weighted by Gasteiger charge is 2.27. The molecule has 1 unspecified atom stereocenters. The number of nitrogens with zero attached hydrogens (tertiary/aromatic N) is 1. The second-order valence-electron chi connectivity index (χ2n) is 7.21. The molecule has 1 atom stereocenters. The predicted octanol–water partition coefficient (Wildman–Crippen LogP) is 5.88. The second kappa shape index (κ2) is 9.56. The molecule has 0 bridgehead atoms. The van der Waals surface area contributed by atoms with Gasteiger partial charge in [-0.25, -0.2) is 0 Å². The largest absolute Gasteiger partial charge is 0.335 e. The first kappa shape index (κ1) is 20.2. The maximum absolute atomic E-state index is 13.1. The van der Waals surface area contributed by atoms with Crippen molar-refractivity contribution < 1.29 is 4.79 Å². The van der Waals surface area contributed by atoms with E-state index in [0.29, 0.717) is 6.04 Å². The van der Waals surface area contributed by atoms with Crippen molar-refractivity contribution in [2.75, 3.05) is 6.54 Å². The fraction of sp³-hybridized carbons (Fsp3) is 0.458. The average molecular weight is 352 g/mol. The van der Waals surface area contributed by atoms with Crippen molar-refractivity contribution in [1.82, 2.24) is 4.90 Å². The summed E-state index contributed by atoms with van der Waals surface area (Å²) in [5.74, 6) is 0.193. The molecule has 2 aromatic carbocycles. The summed E-state index contributed by atoms with van der Waals surface area (Å²) in [7, 11) is 0. The van der Waals surface area contributed by atoms with Crippen LogP contribution in [0.15, 0.2) is 42.5 Å². The molecule has 0 saturated carbocycles. The van der Waals surface area contributed by atoms with Crippen LogP contribution in [0.25, 0.3) is 0 Å². The van der Waals surface area contributed by atoms with Crippen LogP contribution in [0.5, 0.6) is 0 Å². The van der Waals surface area contributed by atoms with Crippen LogP contribution in [-0.2, 0) is 6.42 Å². The lowest BCUT2D eigenvalue weighted by molar-refractivity contribution is 0.0613. The third-order valence-corrected chi connectivity index (χ3v) is 4.95. The fourth-order valence-electron chi connectivity index (χ4n) is 3.74. The molecule has 26 heavy (non-hydrogen) atoms. The van der Waals surface area contributed by atoms with Crippen LogP contribution < -0.4 is 0 Å². The van der Waals surface area contributed by atoms with Gasteiger partial charge in [0, 0.05) is 18.2 Å². The van der Waals surface area contributed by atoms with E-state index in [9.17, 15) is 4.79 Å². The van der Waals surface area contributed by atoms with E-state index in [1.54, 1.807) is 0 Å². The summed E-state index contributed by atoms with van der Waals surface area (Å²) in [5, 5.41) is 0. The molecule has 1 fully saturated rings. The predicted molar refractivity (Wildman–Crippen MR) is 111 cm³/mol. The smallest absolute Gasteiger partial charge is 0.254 e. The van der Waals surface area contributed by atoms with E-state index in [1.807, 2.05) is 26.0 Å². The number of hydrogen-bond donors (Lipinski definition) is 0. The van der Waals surface area contributed by atoms with Crippen molar-refractivity contribution >= 4 is 5.91 Å². The van der Waals surface area contributed by atoms with Crippen molar-refractivity contribution in [2.24, 2.45) is 0 Å². The van der Waals surface area contributed by atoms with Crippen molar-refractivity contribution in [3.05, 3.63) is 70.3 Å². The molecule has 0 aromatic heterocycles. The van der Waals surface area contributed by atoms with Gasteiger partial charge in [0.15, 0.2) is 0 Å². The lowest BCUT2D eigenvalue weighted by Crippen LogP contribution is -2.44. The third kappa shape index (κ3) is 5.20. The van der Waals surface area contributed by atoms with E-state index < -0.39 is 0 Å². The first-order valence-electron chi connectivity index (χ1n) is 9.98. The first-order valence-corrected chi connectivity index (χ1v) is 9.98. The Bertz CT molecular complexity index is 697. The lowest BCUT2D eigenvalue weighted by atomic mass is 9.94. The summed E-state index contributed by atoms with van der Waals surface area (Å²) in [5.41, 5.74) is 5.76. The Labute approximate surface area is 159 Å². The Morgan fingerprint density at radius 1 is 0.923 bits per heavy atom. The van der Waals surface area contributed by atoms with Gasteiger partial charge in [-0.1, -0.05) is 60.9 Å². The van der Waals surface area contributed by atoms with E-state index in [0.717, 1.165) is 42.5 Å². The molecule has 0 aliphatic carbocycles. The molecular formula is C24H33NO. The first-order chi connectivity index (χ1) is 12.5. The number of amides is 1. The summed E-state index contributed by atoms with van der Waals surface area (Å²) in [6.07, 6.45) is 4.38. The molecule has 0 N–H and O–H groups in total. The number of rotatable bonds is 3. The van der Waals surface area contributed by atoms with Crippen molar-refractivity contribution in [3.8, 4) is 0 Å². The van der Waals surface area contributed by atoms with Gasteiger partial charge in [0.2, 0.25) is 0 Å². The highest BCUT2D eigenvalue weighted by atomic mass is 16.2. The van der Waals surface area contributed by atoms with Gasteiger partial charge in [-0.05, 0) is 64.2 Å². The van der Waals surface area contributed by atoms with Gasteiger partial charge in [-0.15, -0.1) is 0 Å². The minimum Gasteiger partial charge on any atom is -0.335 e. The van der Waals surface area contributed by atoms with Crippen LogP contribution >= 0.6 is 0 Å². The summed E-state index contributed by atoms with van der Waals surface area (Å²) in [6, 6.07) is 15.2. The molecule has 1 aliphatic rings. The molecule has 2 aromatic rings. The van der Waals surface area contributed by atoms with E-state index >= 15 is 0 Å². The second-order valence-corrected chi connectivity index (χ2v) is 7.21. The molecule has 3 rings (SSSR count). The van der Waals surface area contributed by atoms with Crippen LogP contribution in [-0.4, -0.2) is 23.4 Å². The standard InChI is InChI=1S/C22H27NO.C2H6/c1-16-7-9-19(10-8-16)15-21-6-4-5-11-23(21)22(24)20-13-17(2)12-18(3)14-20;1-2/h7-10,12-14,21H,4-6,11,15H2,1-3H3;1-2H3. The van der Waals surface area contributed by atoms with Gasteiger partial charge in [-0.3, -0.25) is 4.79 Å². The molecule has 1 saturated heterocycles. The van der Waals surface area contributed by atoms with Gasteiger partial charge >= 0.3 is 0 Å². The Kier molecular flexibility index (Phi) is 7.44. The zero-order valence-electron chi connectivity index (χ0n) is 17.0. The van der Waals surface area contributed by atoms with Crippen molar-refractivity contribution in [2.45, 2.75) is 66.3 Å². The summed E-state index contributed by atoms with van der Waals surface area (Å²) in [4.78, 5) is 15.2. The Hall–Kier alpha value is -2.09. The number of piperidine rings is 1. The fourth-order valence-corrected chi connectivity index (χ4v) is 3.74. The van der Waals surface area contributed by atoms with Crippen molar-refractivity contribution in [3.63, 3.8) is 0 Å². The molecule has 2 heteroatoms. The quantitative estimate of drug-likeness (QED) is 0.676. The third-order valence-electron chi connectivity index (χ3n) is 4.95. The number of likely N-dealkylation sites (tertiary alicyclic amines) is 1. The van der Waals surface area contributed by atoms with E-state index in [-0.39, 0.29) is 5.91 Å². The minimum absolute atomic E-state index is 0.193. The average Bonchev–Trinajstić information content (AvgIpc) is 2.64. The number of carbonyl (C=O) groups is 1. The SMILES string of the molecule is CC.Cc1ccc(CC2CCCCN2C(=O)c2cc(C)cc(C)c2)cc1. The number of hydrogen-bond acceptors (Lipinski definition) is 1. The topological polar surface area (TPSA) is 20.3 Å². The normalized spacial score (nSPS) is 16.7. The lowest BCUT2D eigenvalue weighted by Gasteiger charge is -2.36. The van der Waals surface area contributed by atoms with Crippen molar-refractivity contribution in [1.29, 1.82) is 0 Å². The van der Waals surface area contributed by atoms with E-state index in [1.165, 1.54) is 17.5 Å². The zero-order valence-corrected chi connectivity index (χ0v) is 17.0. The van der Waals surface area contributed by atoms with Crippen LogP contribution in [0.1, 0.15) is 65.7 Å². The minimum atomic E-state index is 0.193. The number of carbonyl (C=O) groups excluding carboxylic acids is 1. The van der Waals surface area contributed by atoms with Crippen LogP contribution in [0.3, 0.4) is 0 Å². The maximum atomic E-state index is 13.1. The molecular weight excluding hydrogens is 318 g/mol. The molecule has 140 valence electrons. The molecule has 0 radical (unpaired) electrons. The van der Waals surface area contributed by atoms with Gasteiger partial charge in [0.05, 0.1) is 0 Å². The summed E-state index contributed by atoms with van der Waals surface area (Å²) in [6.45, 7) is 11.1. The Morgan fingerprint density at radius 3 is 2.15 bits per heavy atom. The molecule has 1 heterocycles. The Balaban J connectivity index is 0.00000117. The van der Waals surface area contributed by atoms with Gasteiger partial charge in [0.25, 0.3) is 5.91 Å². The van der Waals surface area contributed by atoms with Gasteiger partial charge in [0.1, 0.15) is 0 Å². The van der Waals surface area contributed by atoms with Crippen LogP contribution in [0.4, 0.5) is 0 Å². The summed E-state index contributed by atoms with van der Waals surface area (Å²) >= 11 is 0. The van der Waals surface area contributed by atoms with E-state index in [4.69, 9.17) is 0 Å². The van der Waals surface area contributed by atoms with Crippen LogP contribution in [0, 0.1) is 20.8 Å². The molecule has 1 aliphatic heterocycles. The molecule has 1 amide bonds.